The Balaban J connectivity index is 2.04. The fourth-order valence-electron chi connectivity index (χ4n) is 2.65. The van der Waals surface area contributed by atoms with Gasteiger partial charge in [-0.05, 0) is 18.6 Å². The molecule has 2 aromatic heterocycles. The van der Waals surface area contributed by atoms with E-state index < -0.39 is 17.2 Å². The van der Waals surface area contributed by atoms with E-state index in [2.05, 4.69) is 5.10 Å². The molecule has 3 nitrogen and oxygen atoms in total. The molecule has 0 bridgehead atoms. The molecule has 114 valence electrons. The first-order chi connectivity index (χ1) is 10.3. The molecule has 6 heteroatoms. The molecule has 0 fully saturated rings. The van der Waals surface area contributed by atoms with Crippen LogP contribution in [0.15, 0.2) is 48.3 Å². The van der Waals surface area contributed by atoms with Crippen molar-refractivity contribution in [1.82, 2.24) is 9.61 Å². The zero-order valence-corrected chi connectivity index (χ0v) is 11.8. The molecule has 0 saturated carbocycles. The SMILES string of the molecule is CC1(c2cnn3ccc(C=O)cc23)C=CC(C(F)(F)F)=CC1. The molecule has 0 N–H and O–H groups in total. The molecule has 0 amide bonds. The summed E-state index contributed by atoms with van der Waals surface area (Å²) < 4.78 is 39.8. The van der Waals surface area contributed by atoms with Gasteiger partial charge in [-0.1, -0.05) is 25.2 Å². The van der Waals surface area contributed by atoms with Gasteiger partial charge in [-0.15, -0.1) is 0 Å². The van der Waals surface area contributed by atoms with Gasteiger partial charge in [0.05, 0.1) is 17.3 Å². The van der Waals surface area contributed by atoms with Crippen LogP contribution in [0.4, 0.5) is 13.2 Å². The third kappa shape index (κ3) is 2.34. The number of allylic oxidation sites excluding steroid dienone is 4. The first-order valence-corrected chi connectivity index (χ1v) is 6.73. The number of aromatic nitrogens is 2. The number of halogens is 3. The number of aldehydes is 1. The third-order valence-corrected chi connectivity index (χ3v) is 4.00. The van der Waals surface area contributed by atoms with E-state index in [1.807, 2.05) is 6.92 Å². The zero-order valence-electron chi connectivity index (χ0n) is 11.8. The predicted octanol–water partition coefficient (Wildman–Crippen LogP) is 3.85. The number of fused-ring (bicyclic) bond motifs is 1. The van der Waals surface area contributed by atoms with Crippen molar-refractivity contribution in [1.29, 1.82) is 0 Å². The van der Waals surface area contributed by atoms with Crippen molar-refractivity contribution < 1.29 is 18.0 Å². The molecule has 1 atom stereocenters. The van der Waals surface area contributed by atoms with Gasteiger partial charge < -0.3 is 0 Å². The lowest BCUT2D eigenvalue weighted by Crippen LogP contribution is -2.23. The van der Waals surface area contributed by atoms with Crippen LogP contribution in [-0.4, -0.2) is 22.1 Å². The lowest BCUT2D eigenvalue weighted by Gasteiger charge is -2.28. The van der Waals surface area contributed by atoms with Gasteiger partial charge in [0.2, 0.25) is 0 Å². The van der Waals surface area contributed by atoms with Crippen LogP contribution in [0.1, 0.15) is 29.3 Å². The van der Waals surface area contributed by atoms with Gasteiger partial charge in [0.15, 0.2) is 0 Å². The van der Waals surface area contributed by atoms with E-state index in [0.717, 1.165) is 23.4 Å². The van der Waals surface area contributed by atoms with Crippen LogP contribution in [0.25, 0.3) is 5.52 Å². The molecule has 2 aromatic rings. The molecule has 22 heavy (non-hydrogen) atoms. The summed E-state index contributed by atoms with van der Waals surface area (Å²) in [6.07, 6.45) is 3.80. The maximum absolute atomic E-state index is 12.7. The fraction of sp³-hybridized carbons (Fsp3) is 0.250. The normalized spacial score (nSPS) is 21.9. The molecule has 0 aromatic carbocycles. The Morgan fingerprint density at radius 3 is 2.77 bits per heavy atom. The molecule has 1 aliphatic carbocycles. The van der Waals surface area contributed by atoms with Gasteiger partial charge in [0.1, 0.15) is 6.29 Å². The van der Waals surface area contributed by atoms with E-state index in [1.54, 1.807) is 35.1 Å². The molecule has 0 aliphatic heterocycles. The summed E-state index contributed by atoms with van der Waals surface area (Å²) in [6.45, 7) is 1.86. The summed E-state index contributed by atoms with van der Waals surface area (Å²) in [4.78, 5) is 10.9. The van der Waals surface area contributed by atoms with Crippen molar-refractivity contribution >= 4 is 11.8 Å². The van der Waals surface area contributed by atoms with Gasteiger partial charge in [-0.2, -0.15) is 18.3 Å². The summed E-state index contributed by atoms with van der Waals surface area (Å²) in [5.74, 6) is 0. The molecule has 3 rings (SSSR count). The van der Waals surface area contributed by atoms with Crippen molar-refractivity contribution in [3.8, 4) is 0 Å². The standard InChI is InChI=1S/C16H13F3N2O/c1-15(5-2-12(3-6-15)16(17,18)19)13-9-20-21-7-4-11(10-22)8-14(13)21/h2-5,7-10H,6H2,1H3. The highest BCUT2D eigenvalue weighted by molar-refractivity contribution is 5.78. The van der Waals surface area contributed by atoms with E-state index >= 15 is 0 Å². The highest BCUT2D eigenvalue weighted by Gasteiger charge is 2.36. The molecule has 0 radical (unpaired) electrons. The largest absolute Gasteiger partial charge is 0.416 e. The van der Waals surface area contributed by atoms with E-state index in [0.29, 0.717) is 5.56 Å². The van der Waals surface area contributed by atoms with Crippen molar-refractivity contribution in [2.45, 2.75) is 24.9 Å². The van der Waals surface area contributed by atoms with Gasteiger partial charge in [0, 0.05) is 22.7 Å². The average molecular weight is 306 g/mol. The van der Waals surface area contributed by atoms with Crippen LogP contribution in [0.5, 0.6) is 0 Å². The van der Waals surface area contributed by atoms with Gasteiger partial charge >= 0.3 is 6.18 Å². The van der Waals surface area contributed by atoms with E-state index in [1.165, 1.54) is 6.08 Å². The minimum atomic E-state index is -4.33. The number of hydrogen-bond donors (Lipinski definition) is 0. The van der Waals surface area contributed by atoms with Crippen LogP contribution >= 0.6 is 0 Å². The van der Waals surface area contributed by atoms with Crippen LogP contribution < -0.4 is 0 Å². The maximum Gasteiger partial charge on any atom is 0.416 e. The average Bonchev–Trinajstić information content (AvgIpc) is 2.90. The second kappa shape index (κ2) is 4.83. The quantitative estimate of drug-likeness (QED) is 0.790. The van der Waals surface area contributed by atoms with E-state index in [-0.39, 0.29) is 6.42 Å². The lowest BCUT2D eigenvalue weighted by atomic mass is 9.76. The summed E-state index contributed by atoms with van der Waals surface area (Å²) in [6, 6.07) is 3.33. The highest BCUT2D eigenvalue weighted by atomic mass is 19.4. The Bertz CT molecular complexity index is 801. The number of nitrogens with zero attached hydrogens (tertiary/aromatic N) is 2. The molecule has 2 heterocycles. The zero-order chi connectivity index (χ0) is 16.0. The molecule has 0 spiro atoms. The maximum atomic E-state index is 12.7. The Labute approximate surface area is 124 Å². The summed E-state index contributed by atoms with van der Waals surface area (Å²) in [5.41, 5.74) is 0.808. The third-order valence-electron chi connectivity index (χ3n) is 4.00. The molecular formula is C16H13F3N2O. The number of pyridine rings is 1. The Morgan fingerprint density at radius 2 is 2.18 bits per heavy atom. The van der Waals surface area contributed by atoms with Crippen molar-refractivity contribution in [3.63, 3.8) is 0 Å². The van der Waals surface area contributed by atoms with Crippen LogP contribution in [0.2, 0.25) is 0 Å². The number of rotatable bonds is 2. The van der Waals surface area contributed by atoms with Crippen molar-refractivity contribution in [2.24, 2.45) is 0 Å². The molecular weight excluding hydrogens is 293 g/mol. The van der Waals surface area contributed by atoms with Gasteiger partial charge in [-0.3, -0.25) is 4.79 Å². The second-order valence-electron chi connectivity index (χ2n) is 5.58. The smallest absolute Gasteiger partial charge is 0.298 e. The predicted molar refractivity (Wildman–Crippen MR) is 75.8 cm³/mol. The number of alkyl halides is 3. The number of carbonyl (C=O) groups excluding carboxylic acids is 1. The van der Waals surface area contributed by atoms with Gasteiger partial charge in [-0.25, -0.2) is 4.52 Å². The summed E-state index contributed by atoms with van der Waals surface area (Å²) in [5, 5.41) is 4.21. The first-order valence-electron chi connectivity index (χ1n) is 6.73. The van der Waals surface area contributed by atoms with Gasteiger partial charge in [0.25, 0.3) is 0 Å². The first kappa shape index (κ1) is 14.6. The minimum absolute atomic E-state index is 0.227. The lowest BCUT2D eigenvalue weighted by molar-refractivity contribution is -0.0887. The topological polar surface area (TPSA) is 34.4 Å². The Kier molecular flexibility index (Phi) is 3.20. The fourth-order valence-corrected chi connectivity index (χ4v) is 2.65. The van der Waals surface area contributed by atoms with E-state index in [9.17, 15) is 18.0 Å². The monoisotopic (exact) mass is 306 g/mol. The highest BCUT2D eigenvalue weighted by Crippen LogP contribution is 2.39. The summed E-state index contributed by atoms with van der Waals surface area (Å²) >= 11 is 0. The van der Waals surface area contributed by atoms with Crippen LogP contribution in [-0.2, 0) is 5.41 Å². The summed E-state index contributed by atoms with van der Waals surface area (Å²) in [7, 11) is 0. The second-order valence-corrected chi connectivity index (χ2v) is 5.58. The number of carbonyl (C=O) groups is 1. The molecule has 0 saturated heterocycles. The minimum Gasteiger partial charge on any atom is -0.298 e. The van der Waals surface area contributed by atoms with Crippen LogP contribution in [0, 0.1) is 0 Å². The Morgan fingerprint density at radius 1 is 1.41 bits per heavy atom. The van der Waals surface area contributed by atoms with E-state index in [4.69, 9.17) is 0 Å². The molecule has 1 unspecified atom stereocenters. The van der Waals surface area contributed by atoms with Crippen molar-refractivity contribution in [3.05, 3.63) is 59.5 Å². The Hall–Kier alpha value is -2.37. The number of hydrogen-bond acceptors (Lipinski definition) is 2. The van der Waals surface area contributed by atoms with Crippen LogP contribution in [0.3, 0.4) is 0 Å². The van der Waals surface area contributed by atoms with Crippen molar-refractivity contribution in [2.75, 3.05) is 0 Å². The molecule has 1 aliphatic rings.